The zero-order valence-corrected chi connectivity index (χ0v) is 12.6. The van der Waals surface area contributed by atoms with Gasteiger partial charge in [0.15, 0.2) is 0 Å². The lowest BCUT2D eigenvalue weighted by Gasteiger charge is -2.20. The van der Waals surface area contributed by atoms with E-state index in [9.17, 15) is 10.2 Å². The number of benzene rings is 2. The number of rotatable bonds is 3. The fourth-order valence-corrected chi connectivity index (χ4v) is 2.81. The molecule has 0 fully saturated rings. The predicted octanol–water partition coefficient (Wildman–Crippen LogP) is 3.98. The van der Waals surface area contributed by atoms with E-state index >= 15 is 0 Å². The molecular weight excluding hydrogens is 360 g/mol. The minimum absolute atomic E-state index is 0.667. The van der Waals surface area contributed by atoms with Gasteiger partial charge in [-0.05, 0) is 23.3 Å². The topological polar surface area (TPSA) is 40.5 Å². The van der Waals surface area contributed by atoms with E-state index in [1.165, 1.54) is 0 Å². The molecule has 0 heterocycles. The summed E-state index contributed by atoms with van der Waals surface area (Å²) in [7, 11) is 0. The van der Waals surface area contributed by atoms with Gasteiger partial charge in [-0.1, -0.05) is 68.3 Å². The molecule has 2 aromatic rings. The van der Waals surface area contributed by atoms with Crippen LogP contribution in [0.2, 0.25) is 0 Å². The molecule has 0 spiro atoms. The van der Waals surface area contributed by atoms with Gasteiger partial charge in [0.05, 0.1) is 0 Å². The van der Waals surface area contributed by atoms with Crippen molar-refractivity contribution in [3.63, 3.8) is 0 Å². The minimum Gasteiger partial charge on any atom is -0.385 e. The van der Waals surface area contributed by atoms with Crippen LogP contribution in [0.5, 0.6) is 0 Å². The Kier molecular flexibility index (Phi) is 4.56. The second-order valence-electron chi connectivity index (χ2n) is 3.93. The fraction of sp³-hybridized carbons (Fsp3) is 0.143. The van der Waals surface area contributed by atoms with Crippen LogP contribution in [0.1, 0.15) is 23.3 Å². The highest BCUT2D eigenvalue weighted by Crippen LogP contribution is 2.35. The standard InChI is InChI=1S/C14H12Br2O2/c15-11-7-3-1-5-9(11)13(17)14(18)10-6-2-4-8-12(10)16/h1-8,13-14,17-18H/t13-,14?/m0/s1. The molecular formula is C14H12Br2O2. The Labute approximate surface area is 123 Å². The Morgan fingerprint density at radius 2 is 1.00 bits per heavy atom. The van der Waals surface area contributed by atoms with Gasteiger partial charge in [-0.2, -0.15) is 0 Å². The number of hydrogen-bond acceptors (Lipinski definition) is 2. The van der Waals surface area contributed by atoms with Crippen LogP contribution in [0.25, 0.3) is 0 Å². The summed E-state index contributed by atoms with van der Waals surface area (Å²) in [4.78, 5) is 0. The van der Waals surface area contributed by atoms with Crippen molar-refractivity contribution in [2.45, 2.75) is 12.2 Å². The molecule has 2 nitrogen and oxygen atoms in total. The first-order valence-electron chi connectivity index (χ1n) is 5.46. The highest BCUT2D eigenvalue weighted by atomic mass is 79.9. The lowest BCUT2D eigenvalue weighted by atomic mass is 9.98. The molecule has 2 atom stereocenters. The molecule has 0 saturated heterocycles. The Balaban J connectivity index is 2.33. The summed E-state index contributed by atoms with van der Waals surface area (Å²) < 4.78 is 1.56. The zero-order valence-electron chi connectivity index (χ0n) is 9.42. The van der Waals surface area contributed by atoms with Gasteiger partial charge in [0, 0.05) is 8.95 Å². The molecule has 0 radical (unpaired) electrons. The Morgan fingerprint density at radius 1 is 0.667 bits per heavy atom. The molecule has 94 valence electrons. The molecule has 18 heavy (non-hydrogen) atoms. The Bertz CT molecular complexity index is 493. The maximum absolute atomic E-state index is 10.2. The fourth-order valence-electron chi connectivity index (χ4n) is 1.77. The second kappa shape index (κ2) is 5.97. The van der Waals surface area contributed by atoms with Gasteiger partial charge in [0.2, 0.25) is 0 Å². The predicted molar refractivity (Wildman–Crippen MR) is 78.2 cm³/mol. The second-order valence-corrected chi connectivity index (χ2v) is 5.64. The van der Waals surface area contributed by atoms with Crippen LogP contribution >= 0.6 is 31.9 Å². The summed E-state index contributed by atoms with van der Waals surface area (Å²) in [6.07, 6.45) is -1.95. The van der Waals surface area contributed by atoms with Crippen LogP contribution < -0.4 is 0 Å². The van der Waals surface area contributed by atoms with Gasteiger partial charge in [-0.25, -0.2) is 0 Å². The van der Waals surface area contributed by atoms with Crippen molar-refractivity contribution in [3.05, 3.63) is 68.6 Å². The van der Waals surface area contributed by atoms with E-state index in [1.54, 1.807) is 12.1 Å². The van der Waals surface area contributed by atoms with Gasteiger partial charge in [-0.15, -0.1) is 0 Å². The summed E-state index contributed by atoms with van der Waals surface area (Å²) in [5.74, 6) is 0. The number of aliphatic hydroxyl groups excluding tert-OH is 2. The monoisotopic (exact) mass is 370 g/mol. The van der Waals surface area contributed by atoms with E-state index in [-0.39, 0.29) is 0 Å². The molecule has 0 aromatic heterocycles. The van der Waals surface area contributed by atoms with Crippen molar-refractivity contribution in [1.29, 1.82) is 0 Å². The zero-order chi connectivity index (χ0) is 13.1. The van der Waals surface area contributed by atoms with E-state index in [2.05, 4.69) is 31.9 Å². The highest BCUT2D eigenvalue weighted by molar-refractivity contribution is 9.10. The van der Waals surface area contributed by atoms with E-state index in [4.69, 9.17) is 0 Å². The number of hydrogen-bond donors (Lipinski definition) is 2. The molecule has 1 unspecified atom stereocenters. The minimum atomic E-state index is -0.973. The molecule has 0 aliphatic rings. The SMILES string of the molecule is OC(c1ccccc1Br)[C@@H](O)c1ccccc1Br. The van der Waals surface area contributed by atoms with E-state index in [0.717, 1.165) is 8.95 Å². The van der Waals surface area contributed by atoms with Gasteiger partial charge in [-0.3, -0.25) is 0 Å². The van der Waals surface area contributed by atoms with Crippen molar-refractivity contribution in [1.82, 2.24) is 0 Å². The molecule has 0 aliphatic carbocycles. The summed E-state index contributed by atoms with van der Waals surface area (Å²) in [5.41, 5.74) is 1.33. The molecule has 4 heteroatoms. The lowest BCUT2D eigenvalue weighted by molar-refractivity contribution is 0.0164. The average Bonchev–Trinajstić information content (AvgIpc) is 2.38. The molecule has 0 aliphatic heterocycles. The summed E-state index contributed by atoms with van der Waals surface area (Å²) >= 11 is 6.75. The van der Waals surface area contributed by atoms with E-state index in [0.29, 0.717) is 11.1 Å². The van der Waals surface area contributed by atoms with Crippen LogP contribution in [0.3, 0.4) is 0 Å². The first-order valence-corrected chi connectivity index (χ1v) is 7.05. The first kappa shape index (κ1) is 13.7. The third-order valence-corrected chi connectivity index (χ3v) is 4.19. The van der Waals surface area contributed by atoms with Crippen LogP contribution in [-0.4, -0.2) is 10.2 Å². The van der Waals surface area contributed by atoms with Crippen LogP contribution in [0, 0.1) is 0 Å². The van der Waals surface area contributed by atoms with Crippen molar-refractivity contribution in [3.8, 4) is 0 Å². The summed E-state index contributed by atoms with van der Waals surface area (Å²) in [6, 6.07) is 14.6. The maximum Gasteiger partial charge on any atom is 0.110 e. The molecule has 0 saturated carbocycles. The number of aliphatic hydroxyl groups is 2. The Morgan fingerprint density at radius 3 is 1.33 bits per heavy atom. The first-order chi connectivity index (χ1) is 8.61. The lowest BCUT2D eigenvalue weighted by Crippen LogP contribution is -2.11. The largest absolute Gasteiger partial charge is 0.385 e. The smallest absolute Gasteiger partial charge is 0.110 e. The van der Waals surface area contributed by atoms with Crippen molar-refractivity contribution in [2.75, 3.05) is 0 Å². The quantitative estimate of drug-likeness (QED) is 0.856. The molecule has 2 N–H and O–H groups in total. The third-order valence-electron chi connectivity index (χ3n) is 2.75. The molecule has 2 aromatic carbocycles. The van der Waals surface area contributed by atoms with Gasteiger partial charge in [0.25, 0.3) is 0 Å². The van der Waals surface area contributed by atoms with Crippen molar-refractivity contribution < 1.29 is 10.2 Å². The summed E-state index contributed by atoms with van der Waals surface area (Å²) in [5, 5.41) is 20.5. The maximum atomic E-state index is 10.2. The van der Waals surface area contributed by atoms with Crippen molar-refractivity contribution in [2.24, 2.45) is 0 Å². The van der Waals surface area contributed by atoms with Crippen LogP contribution in [-0.2, 0) is 0 Å². The van der Waals surface area contributed by atoms with E-state index in [1.807, 2.05) is 36.4 Å². The van der Waals surface area contributed by atoms with Gasteiger partial charge in [0.1, 0.15) is 12.2 Å². The molecule has 0 amide bonds. The highest BCUT2D eigenvalue weighted by Gasteiger charge is 2.23. The summed E-state index contributed by atoms with van der Waals surface area (Å²) in [6.45, 7) is 0. The Hall–Kier alpha value is -0.680. The molecule has 0 bridgehead atoms. The normalized spacial score (nSPS) is 14.2. The van der Waals surface area contributed by atoms with Gasteiger partial charge >= 0.3 is 0 Å². The average molecular weight is 372 g/mol. The van der Waals surface area contributed by atoms with Gasteiger partial charge < -0.3 is 10.2 Å². The van der Waals surface area contributed by atoms with E-state index < -0.39 is 12.2 Å². The molecule has 2 rings (SSSR count). The van der Waals surface area contributed by atoms with Crippen LogP contribution in [0.4, 0.5) is 0 Å². The van der Waals surface area contributed by atoms with Crippen LogP contribution in [0.15, 0.2) is 57.5 Å². The van der Waals surface area contributed by atoms with Crippen molar-refractivity contribution >= 4 is 31.9 Å². The third kappa shape index (κ3) is 2.83. The number of halogens is 2.